The van der Waals surface area contributed by atoms with Gasteiger partial charge in [-0.15, -0.1) is 0 Å². The lowest BCUT2D eigenvalue weighted by Crippen LogP contribution is -2.45. The van der Waals surface area contributed by atoms with Crippen LogP contribution in [0, 0.1) is 10.1 Å². The van der Waals surface area contributed by atoms with Gasteiger partial charge in [-0.05, 0) is 37.6 Å². The Kier molecular flexibility index (Phi) is 7.47. The maximum Gasteiger partial charge on any atom is 0.270 e. The minimum absolute atomic E-state index is 0.0691. The number of sulfonamides is 1. The fourth-order valence-electron chi connectivity index (χ4n) is 2.67. The van der Waals surface area contributed by atoms with Crippen LogP contribution in [-0.2, 0) is 14.8 Å². The number of carbonyl (C=O) groups excluding carboxylic acids is 2. The molecule has 0 saturated carbocycles. The Morgan fingerprint density at radius 2 is 1.65 bits per heavy atom. The van der Waals surface area contributed by atoms with Crippen LogP contribution in [0.1, 0.15) is 35.8 Å². The lowest BCUT2D eigenvalue weighted by Gasteiger charge is -2.19. The third-order valence-corrected chi connectivity index (χ3v) is 6.41. The lowest BCUT2D eigenvalue weighted by molar-refractivity contribution is -0.384. The van der Waals surface area contributed by atoms with Gasteiger partial charge in [-0.25, -0.2) is 12.7 Å². The second-order valence-corrected chi connectivity index (χ2v) is 9.24. The highest BCUT2D eigenvalue weighted by molar-refractivity contribution is 7.89. The predicted molar refractivity (Wildman–Crippen MR) is 114 cm³/mol. The number of rotatable bonds is 8. The highest BCUT2D eigenvalue weighted by atomic mass is 32.2. The molecular formula is C20H24N4O6S. The van der Waals surface area contributed by atoms with Gasteiger partial charge in [0.05, 0.1) is 15.9 Å². The topological polar surface area (TPSA) is 139 Å². The van der Waals surface area contributed by atoms with E-state index in [2.05, 4.69) is 10.6 Å². The van der Waals surface area contributed by atoms with E-state index in [1.807, 2.05) is 0 Å². The van der Waals surface area contributed by atoms with Crippen molar-refractivity contribution >= 4 is 27.5 Å². The summed E-state index contributed by atoms with van der Waals surface area (Å²) in [5.74, 6) is -1.08. The zero-order valence-electron chi connectivity index (χ0n) is 17.5. The van der Waals surface area contributed by atoms with Crippen LogP contribution < -0.4 is 10.6 Å². The molecule has 11 heteroatoms. The largest absolute Gasteiger partial charge is 0.348 e. The molecule has 2 aromatic rings. The van der Waals surface area contributed by atoms with Crippen LogP contribution in [0.25, 0.3) is 0 Å². The number of hydrogen-bond acceptors (Lipinski definition) is 6. The molecule has 2 aromatic carbocycles. The third kappa shape index (κ3) is 5.86. The number of non-ortho nitro benzene ring substituents is 1. The summed E-state index contributed by atoms with van der Waals surface area (Å²) in [4.78, 5) is 35.1. The van der Waals surface area contributed by atoms with Crippen LogP contribution in [0.3, 0.4) is 0 Å². The maximum absolute atomic E-state index is 12.4. The van der Waals surface area contributed by atoms with Gasteiger partial charge in [-0.3, -0.25) is 19.7 Å². The van der Waals surface area contributed by atoms with Gasteiger partial charge in [-0.2, -0.15) is 0 Å². The first kappa shape index (κ1) is 24.0. The Hall–Kier alpha value is -3.31. The third-order valence-electron chi connectivity index (χ3n) is 4.58. The van der Waals surface area contributed by atoms with Crippen LogP contribution in [0.4, 0.5) is 5.69 Å². The first-order valence-corrected chi connectivity index (χ1v) is 10.8. The van der Waals surface area contributed by atoms with Crippen LogP contribution >= 0.6 is 0 Å². The van der Waals surface area contributed by atoms with Crippen molar-refractivity contribution < 1.29 is 22.9 Å². The van der Waals surface area contributed by atoms with Crippen molar-refractivity contribution in [3.05, 3.63) is 69.8 Å². The summed E-state index contributed by atoms with van der Waals surface area (Å²) in [5, 5.41) is 16.1. The highest BCUT2D eigenvalue weighted by Gasteiger charge is 2.21. The summed E-state index contributed by atoms with van der Waals surface area (Å²) in [7, 11) is -0.668. The molecule has 0 aliphatic carbocycles. The van der Waals surface area contributed by atoms with Gasteiger partial charge in [0.25, 0.3) is 11.6 Å². The van der Waals surface area contributed by atoms with Gasteiger partial charge in [0.1, 0.15) is 6.04 Å². The molecular weight excluding hydrogens is 424 g/mol. The zero-order valence-corrected chi connectivity index (χ0v) is 18.3. The number of nitro benzene ring substituents is 1. The van der Waals surface area contributed by atoms with Crippen molar-refractivity contribution in [1.29, 1.82) is 0 Å². The van der Waals surface area contributed by atoms with Gasteiger partial charge in [-0.1, -0.05) is 18.2 Å². The van der Waals surface area contributed by atoms with Gasteiger partial charge in [0.15, 0.2) is 0 Å². The molecule has 0 bridgehead atoms. The van der Waals surface area contributed by atoms with Crippen molar-refractivity contribution in [2.24, 2.45) is 0 Å². The second-order valence-electron chi connectivity index (χ2n) is 7.09. The SMILES string of the molecule is CC(NC(=O)c1cccc([N+](=O)[O-])c1)C(=O)NC(C)c1ccc(S(=O)(=O)N(C)C)cc1. The van der Waals surface area contributed by atoms with Crippen LogP contribution in [0.15, 0.2) is 53.4 Å². The van der Waals surface area contributed by atoms with Crippen molar-refractivity contribution in [1.82, 2.24) is 14.9 Å². The molecule has 0 aliphatic rings. The fourth-order valence-corrected chi connectivity index (χ4v) is 3.57. The summed E-state index contributed by atoms with van der Waals surface area (Å²) in [6.45, 7) is 3.21. The Morgan fingerprint density at radius 3 is 2.19 bits per heavy atom. The molecule has 2 atom stereocenters. The molecule has 0 saturated heterocycles. The summed E-state index contributed by atoms with van der Waals surface area (Å²) in [5.41, 5.74) is 0.529. The van der Waals surface area contributed by atoms with E-state index in [0.717, 1.165) is 10.4 Å². The number of carbonyl (C=O) groups is 2. The molecule has 2 unspecified atom stereocenters. The monoisotopic (exact) mass is 448 g/mol. The molecule has 0 heterocycles. The fraction of sp³-hybridized carbons (Fsp3) is 0.300. The van der Waals surface area contributed by atoms with Crippen LogP contribution in [0.5, 0.6) is 0 Å². The van der Waals surface area contributed by atoms with E-state index in [1.165, 1.54) is 51.4 Å². The smallest absolute Gasteiger partial charge is 0.270 e. The number of nitro groups is 1. The van der Waals surface area contributed by atoms with Crippen molar-refractivity contribution in [3.8, 4) is 0 Å². The first-order valence-electron chi connectivity index (χ1n) is 9.31. The van der Waals surface area contributed by atoms with E-state index in [4.69, 9.17) is 0 Å². The molecule has 2 rings (SSSR count). The molecule has 0 spiro atoms. The highest BCUT2D eigenvalue weighted by Crippen LogP contribution is 2.18. The quantitative estimate of drug-likeness (QED) is 0.467. The molecule has 10 nitrogen and oxygen atoms in total. The Balaban J connectivity index is 2.01. The first-order chi connectivity index (χ1) is 14.4. The van der Waals surface area contributed by atoms with Crippen LogP contribution in [0.2, 0.25) is 0 Å². The summed E-state index contributed by atoms with van der Waals surface area (Å²) < 4.78 is 25.4. The average molecular weight is 449 g/mol. The van der Waals surface area contributed by atoms with Gasteiger partial charge in [0.2, 0.25) is 15.9 Å². The van der Waals surface area contributed by atoms with Crippen molar-refractivity contribution in [3.63, 3.8) is 0 Å². The summed E-state index contributed by atoms with van der Waals surface area (Å²) >= 11 is 0. The van der Waals surface area contributed by atoms with Crippen molar-refractivity contribution in [2.45, 2.75) is 30.8 Å². The Morgan fingerprint density at radius 1 is 1.03 bits per heavy atom. The summed E-state index contributed by atoms with van der Waals surface area (Å²) in [6, 6.07) is 9.99. The molecule has 166 valence electrons. The second kappa shape index (κ2) is 9.67. The molecule has 2 amide bonds. The maximum atomic E-state index is 12.4. The van der Waals surface area contributed by atoms with Crippen LogP contribution in [-0.4, -0.2) is 49.6 Å². The minimum Gasteiger partial charge on any atom is -0.348 e. The van der Waals surface area contributed by atoms with E-state index in [-0.39, 0.29) is 16.1 Å². The normalized spacial score (nSPS) is 13.3. The molecule has 0 fully saturated rings. The Bertz CT molecular complexity index is 1080. The van der Waals surface area contributed by atoms with Gasteiger partial charge in [0, 0.05) is 31.8 Å². The number of amides is 2. The minimum atomic E-state index is -3.55. The predicted octanol–water partition coefficient (Wildman–Crippen LogP) is 1.84. The standard InChI is InChI=1S/C20H24N4O6S/c1-13(15-8-10-18(11-9-15)31(29,30)23(3)4)21-19(25)14(2)22-20(26)16-6-5-7-17(12-16)24(27)28/h5-14H,1-4H3,(H,21,25)(H,22,26). The number of hydrogen-bond donors (Lipinski definition) is 2. The molecule has 2 N–H and O–H groups in total. The average Bonchev–Trinajstić information content (AvgIpc) is 2.73. The Labute approximate surface area is 180 Å². The zero-order chi connectivity index (χ0) is 23.3. The number of nitrogens with zero attached hydrogens (tertiary/aromatic N) is 2. The number of nitrogens with one attached hydrogen (secondary N) is 2. The van der Waals surface area contributed by atoms with Crippen molar-refractivity contribution in [2.75, 3.05) is 14.1 Å². The lowest BCUT2D eigenvalue weighted by atomic mass is 10.1. The van der Waals surface area contributed by atoms with E-state index < -0.39 is 38.8 Å². The van der Waals surface area contributed by atoms with Gasteiger partial charge < -0.3 is 10.6 Å². The molecule has 31 heavy (non-hydrogen) atoms. The molecule has 0 radical (unpaired) electrons. The van der Waals surface area contributed by atoms with E-state index >= 15 is 0 Å². The molecule has 0 aromatic heterocycles. The van der Waals surface area contributed by atoms with E-state index in [0.29, 0.717) is 5.56 Å². The number of benzene rings is 2. The van der Waals surface area contributed by atoms with E-state index in [1.54, 1.807) is 19.1 Å². The van der Waals surface area contributed by atoms with Gasteiger partial charge >= 0.3 is 0 Å². The summed E-state index contributed by atoms with van der Waals surface area (Å²) in [6.07, 6.45) is 0. The van der Waals surface area contributed by atoms with E-state index in [9.17, 15) is 28.1 Å². The molecule has 0 aliphatic heterocycles.